The first-order valence-electron chi connectivity index (χ1n) is 11.5. The van der Waals surface area contributed by atoms with Gasteiger partial charge in [-0.15, -0.1) is 0 Å². The highest BCUT2D eigenvalue weighted by molar-refractivity contribution is 5.84. The van der Waals surface area contributed by atoms with Crippen LogP contribution >= 0.6 is 0 Å². The first kappa shape index (κ1) is 25.7. The van der Waals surface area contributed by atoms with Crippen LogP contribution < -0.4 is 10.6 Å². The van der Waals surface area contributed by atoms with E-state index in [9.17, 15) is 24.3 Å². The van der Waals surface area contributed by atoms with Crippen molar-refractivity contribution in [2.24, 2.45) is 0 Å². The Balaban J connectivity index is 1.53. The lowest BCUT2D eigenvalue weighted by atomic mass is 9.98. The lowest BCUT2D eigenvalue weighted by molar-refractivity contribution is -0.144. The topological polar surface area (TPSA) is 131 Å². The maximum absolute atomic E-state index is 12.5. The smallest absolute Gasteiger partial charge is 0.407 e. The molecule has 0 spiro atoms. The van der Waals surface area contributed by atoms with Crippen molar-refractivity contribution in [2.45, 2.75) is 50.6 Å². The molecule has 3 rings (SSSR count). The maximum atomic E-state index is 12.5. The number of nitrogens with one attached hydrogen (secondary N) is 2. The Labute approximate surface area is 203 Å². The fraction of sp³-hybridized carbons (Fsp3) is 0.385. The van der Waals surface area contributed by atoms with Crippen LogP contribution in [0.5, 0.6) is 0 Å². The van der Waals surface area contributed by atoms with Crippen LogP contribution in [-0.2, 0) is 23.9 Å². The molecule has 2 atom stereocenters. The predicted octanol–water partition coefficient (Wildman–Crippen LogP) is 3.22. The lowest BCUT2D eigenvalue weighted by Gasteiger charge is -2.20. The van der Waals surface area contributed by atoms with Gasteiger partial charge in [0.15, 0.2) is 0 Å². The van der Waals surface area contributed by atoms with Gasteiger partial charge in [-0.3, -0.25) is 9.59 Å². The average Bonchev–Trinajstić information content (AvgIpc) is 3.18. The van der Waals surface area contributed by atoms with Crippen LogP contribution in [0.15, 0.2) is 48.5 Å². The molecule has 0 heterocycles. The number of carboxylic acid groups (broad SMARTS) is 1. The van der Waals surface area contributed by atoms with Gasteiger partial charge in [-0.2, -0.15) is 0 Å². The second kappa shape index (κ2) is 12.0. The van der Waals surface area contributed by atoms with E-state index < -0.39 is 36.0 Å². The van der Waals surface area contributed by atoms with Gasteiger partial charge < -0.3 is 25.2 Å². The van der Waals surface area contributed by atoms with Gasteiger partial charge in [-0.1, -0.05) is 55.5 Å². The van der Waals surface area contributed by atoms with Gasteiger partial charge >= 0.3 is 18.0 Å². The standard InChI is InChI=1S/C26H30N2O7/c1-3-16(14-23(29)28-22(25(31)32)12-13-24(30)34-2)27-26(33)35-15-21-19-10-6-4-8-17(19)18-9-5-7-11-20(18)21/h4-11,16,21-22H,3,12-15H2,1-2H3,(H,27,33)(H,28,29)(H,31,32)/t16-,22-/m1/s1. The Hall–Kier alpha value is -3.88. The number of rotatable bonds is 11. The van der Waals surface area contributed by atoms with Crippen LogP contribution in [0.2, 0.25) is 0 Å². The fourth-order valence-corrected chi connectivity index (χ4v) is 4.20. The summed E-state index contributed by atoms with van der Waals surface area (Å²) in [7, 11) is 1.21. The van der Waals surface area contributed by atoms with E-state index >= 15 is 0 Å². The molecule has 2 aromatic rings. The number of carbonyl (C=O) groups excluding carboxylic acids is 3. The Morgan fingerprint density at radius 3 is 2.11 bits per heavy atom. The highest BCUT2D eigenvalue weighted by Crippen LogP contribution is 2.44. The average molecular weight is 483 g/mol. The van der Waals surface area contributed by atoms with Crippen LogP contribution in [0.4, 0.5) is 4.79 Å². The van der Waals surface area contributed by atoms with E-state index in [1.165, 1.54) is 7.11 Å². The minimum absolute atomic E-state index is 0.0809. The van der Waals surface area contributed by atoms with E-state index in [1.54, 1.807) is 6.92 Å². The molecule has 186 valence electrons. The first-order chi connectivity index (χ1) is 16.8. The number of fused-ring (bicyclic) bond motifs is 3. The largest absolute Gasteiger partial charge is 0.480 e. The van der Waals surface area contributed by atoms with E-state index in [2.05, 4.69) is 27.5 Å². The number of amides is 2. The minimum atomic E-state index is -1.25. The number of methoxy groups -OCH3 is 1. The van der Waals surface area contributed by atoms with Crippen molar-refractivity contribution >= 4 is 23.9 Å². The summed E-state index contributed by atoms with van der Waals surface area (Å²) in [6.07, 6.45) is -0.556. The van der Waals surface area contributed by atoms with Crippen molar-refractivity contribution < 1.29 is 33.8 Å². The molecule has 2 aromatic carbocycles. The van der Waals surface area contributed by atoms with Crippen molar-refractivity contribution in [3.05, 3.63) is 59.7 Å². The van der Waals surface area contributed by atoms with Gasteiger partial charge in [0, 0.05) is 24.8 Å². The molecule has 1 aliphatic carbocycles. The normalized spacial score (nSPS) is 13.7. The Morgan fingerprint density at radius 2 is 1.57 bits per heavy atom. The zero-order chi connectivity index (χ0) is 25.4. The molecule has 0 aliphatic heterocycles. The highest BCUT2D eigenvalue weighted by Gasteiger charge is 2.29. The number of aliphatic carboxylic acids is 1. The molecule has 0 aromatic heterocycles. The van der Waals surface area contributed by atoms with Gasteiger partial charge in [-0.25, -0.2) is 9.59 Å². The van der Waals surface area contributed by atoms with Crippen LogP contribution in [0.25, 0.3) is 11.1 Å². The monoisotopic (exact) mass is 482 g/mol. The molecule has 0 saturated carbocycles. The predicted molar refractivity (Wildman–Crippen MR) is 128 cm³/mol. The van der Waals surface area contributed by atoms with Gasteiger partial charge in [0.25, 0.3) is 0 Å². The summed E-state index contributed by atoms with van der Waals surface area (Å²) in [6, 6.07) is 14.3. The molecule has 0 unspecified atom stereocenters. The van der Waals surface area contributed by atoms with Gasteiger partial charge in [0.2, 0.25) is 5.91 Å². The summed E-state index contributed by atoms with van der Waals surface area (Å²) in [6.45, 7) is 1.95. The van der Waals surface area contributed by atoms with E-state index in [0.29, 0.717) is 6.42 Å². The van der Waals surface area contributed by atoms with Crippen LogP contribution in [0, 0.1) is 0 Å². The zero-order valence-electron chi connectivity index (χ0n) is 19.8. The quantitative estimate of drug-likeness (QED) is 0.419. The minimum Gasteiger partial charge on any atom is -0.480 e. The van der Waals surface area contributed by atoms with E-state index in [1.807, 2.05) is 36.4 Å². The number of hydrogen-bond donors (Lipinski definition) is 3. The third-order valence-corrected chi connectivity index (χ3v) is 6.09. The van der Waals surface area contributed by atoms with E-state index in [4.69, 9.17) is 4.74 Å². The number of carboxylic acids is 1. The summed E-state index contributed by atoms with van der Waals surface area (Å²) >= 11 is 0. The summed E-state index contributed by atoms with van der Waals surface area (Å²) in [5.74, 6) is -2.44. The summed E-state index contributed by atoms with van der Waals surface area (Å²) in [5.41, 5.74) is 4.44. The molecule has 0 saturated heterocycles. The van der Waals surface area contributed by atoms with Crippen molar-refractivity contribution in [1.29, 1.82) is 0 Å². The van der Waals surface area contributed by atoms with Crippen molar-refractivity contribution in [1.82, 2.24) is 10.6 Å². The van der Waals surface area contributed by atoms with E-state index in [0.717, 1.165) is 22.3 Å². The number of ether oxygens (including phenoxy) is 2. The van der Waals surface area contributed by atoms with Crippen LogP contribution in [0.3, 0.4) is 0 Å². The lowest BCUT2D eigenvalue weighted by Crippen LogP contribution is -2.45. The molecular weight excluding hydrogens is 452 g/mol. The molecule has 0 fully saturated rings. The maximum Gasteiger partial charge on any atom is 0.407 e. The molecule has 35 heavy (non-hydrogen) atoms. The van der Waals surface area contributed by atoms with Crippen molar-refractivity contribution in [3.8, 4) is 11.1 Å². The number of carbonyl (C=O) groups is 4. The number of alkyl carbamates (subject to hydrolysis) is 1. The van der Waals surface area contributed by atoms with Crippen molar-refractivity contribution in [2.75, 3.05) is 13.7 Å². The fourth-order valence-electron chi connectivity index (χ4n) is 4.20. The Kier molecular flexibility index (Phi) is 8.83. The second-order valence-corrected chi connectivity index (χ2v) is 8.35. The molecule has 1 aliphatic rings. The summed E-state index contributed by atoms with van der Waals surface area (Å²) in [4.78, 5) is 47.6. The van der Waals surface area contributed by atoms with Crippen LogP contribution in [0.1, 0.15) is 49.7 Å². The summed E-state index contributed by atoms with van der Waals surface area (Å²) < 4.78 is 10.0. The summed E-state index contributed by atoms with van der Waals surface area (Å²) in [5, 5.41) is 14.4. The van der Waals surface area contributed by atoms with Gasteiger partial charge in [0.1, 0.15) is 12.6 Å². The first-order valence-corrected chi connectivity index (χ1v) is 11.5. The molecule has 2 amide bonds. The molecule has 0 radical (unpaired) electrons. The third-order valence-electron chi connectivity index (χ3n) is 6.09. The number of esters is 1. The van der Waals surface area contributed by atoms with Crippen molar-refractivity contribution in [3.63, 3.8) is 0 Å². The number of hydrogen-bond acceptors (Lipinski definition) is 6. The number of benzene rings is 2. The SMILES string of the molecule is CC[C@H](CC(=O)N[C@H](CCC(=O)OC)C(=O)O)NC(=O)OCC1c2ccccc2-c2ccccc21. The van der Waals surface area contributed by atoms with Crippen LogP contribution in [-0.4, -0.2) is 54.8 Å². The Bertz CT molecular complexity index is 1040. The van der Waals surface area contributed by atoms with Gasteiger partial charge in [0.05, 0.1) is 7.11 Å². The molecular formula is C26H30N2O7. The molecule has 3 N–H and O–H groups in total. The molecule has 9 heteroatoms. The second-order valence-electron chi connectivity index (χ2n) is 8.35. The van der Waals surface area contributed by atoms with E-state index in [-0.39, 0.29) is 31.8 Å². The third kappa shape index (κ3) is 6.59. The molecule has 9 nitrogen and oxygen atoms in total. The van der Waals surface area contributed by atoms with Gasteiger partial charge in [-0.05, 0) is 35.1 Å². The Morgan fingerprint density at radius 1 is 0.971 bits per heavy atom. The highest BCUT2D eigenvalue weighted by atomic mass is 16.5. The zero-order valence-corrected chi connectivity index (χ0v) is 19.8. The molecule has 0 bridgehead atoms.